The largest absolute Gasteiger partial charge is 0.392 e. The van der Waals surface area contributed by atoms with Crippen molar-refractivity contribution < 1.29 is 9.50 Å². The molecule has 0 bridgehead atoms. The van der Waals surface area contributed by atoms with Gasteiger partial charge >= 0.3 is 0 Å². The monoisotopic (exact) mass is 258 g/mol. The van der Waals surface area contributed by atoms with E-state index in [1.54, 1.807) is 13.0 Å². The van der Waals surface area contributed by atoms with Crippen LogP contribution >= 0.6 is 15.9 Å². The molecule has 1 fully saturated rings. The summed E-state index contributed by atoms with van der Waals surface area (Å²) >= 11 is 3.24. The number of aliphatic hydroxyl groups is 1. The Kier molecular flexibility index (Phi) is 2.40. The molecule has 0 aliphatic heterocycles. The third-order valence-electron chi connectivity index (χ3n) is 3.08. The molecule has 0 radical (unpaired) electrons. The van der Waals surface area contributed by atoms with Crippen LogP contribution in [0.5, 0.6) is 0 Å². The zero-order chi connectivity index (χ0) is 10.3. The fraction of sp³-hybridized carbons (Fsp3) is 0.455. The molecule has 0 amide bonds. The van der Waals surface area contributed by atoms with E-state index < -0.39 is 6.10 Å². The van der Waals surface area contributed by atoms with E-state index in [0.717, 1.165) is 18.4 Å². The molecule has 1 aromatic rings. The minimum absolute atomic E-state index is 0.207. The van der Waals surface area contributed by atoms with Gasteiger partial charge in [0, 0.05) is 5.41 Å². The second-order valence-electron chi connectivity index (χ2n) is 3.93. The molecule has 1 N–H and O–H groups in total. The molecule has 1 saturated carbocycles. The van der Waals surface area contributed by atoms with Gasteiger partial charge in [0.25, 0.3) is 0 Å². The number of aliphatic hydroxyl groups excluding tert-OH is 1. The first-order valence-electron chi connectivity index (χ1n) is 4.70. The Morgan fingerprint density at radius 2 is 2.14 bits per heavy atom. The van der Waals surface area contributed by atoms with Crippen LogP contribution in [0, 0.1) is 5.82 Å². The lowest BCUT2D eigenvalue weighted by molar-refractivity contribution is 0.150. The van der Waals surface area contributed by atoms with E-state index in [1.165, 1.54) is 6.07 Å². The molecule has 0 heterocycles. The molecule has 1 atom stereocenters. The summed E-state index contributed by atoms with van der Waals surface area (Å²) in [7, 11) is 0. The Morgan fingerprint density at radius 3 is 2.64 bits per heavy atom. The van der Waals surface area contributed by atoms with Crippen molar-refractivity contribution in [1.82, 2.24) is 0 Å². The third-order valence-corrected chi connectivity index (χ3v) is 3.88. The van der Waals surface area contributed by atoms with Gasteiger partial charge in [-0.05, 0) is 47.3 Å². The van der Waals surface area contributed by atoms with E-state index in [2.05, 4.69) is 15.9 Å². The average Bonchev–Trinajstić information content (AvgIpc) is 2.90. The van der Waals surface area contributed by atoms with Gasteiger partial charge < -0.3 is 5.11 Å². The molecule has 0 aromatic heterocycles. The minimum Gasteiger partial charge on any atom is -0.392 e. The summed E-state index contributed by atoms with van der Waals surface area (Å²) in [6, 6.07) is 5.00. The maximum atomic E-state index is 13.3. The molecule has 1 nitrogen and oxygen atoms in total. The lowest BCUT2D eigenvalue weighted by Crippen LogP contribution is -2.23. The number of halogens is 2. The Bertz CT molecular complexity index is 358. The van der Waals surface area contributed by atoms with E-state index >= 15 is 0 Å². The van der Waals surface area contributed by atoms with Gasteiger partial charge in [0.1, 0.15) is 5.82 Å². The molecule has 1 unspecified atom stereocenters. The molecule has 1 aromatic carbocycles. The van der Waals surface area contributed by atoms with E-state index in [-0.39, 0.29) is 11.2 Å². The van der Waals surface area contributed by atoms with Gasteiger partial charge in [0.2, 0.25) is 0 Å². The topological polar surface area (TPSA) is 20.2 Å². The van der Waals surface area contributed by atoms with Gasteiger partial charge in [0.15, 0.2) is 0 Å². The molecule has 1 aliphatic rings. The van der Waals surface area contributed by atoms with Crippen LogP contribution in [0.2, 0.25) is 0 Å². The summed E-state index contributed by atoms with van der Waals surface area (Å²) < 4.78 is 13.8. The first-order chi connectivity index (χ1) is 6.58. The van der Waals surface area contributed by atoms with Crippen LogP contribution in [0.25, 0.3) is 0 Å². The summed E-state index contributed by atoms with van der Waals surface area (Å²) in [6.07, 6.45) is 1.46. The van der Waals surface area contributed by atoms with Crippen molar-refractivity contribution in [2.45, 2.75) is 31.3 Å². The van der Waals surface area contributed by atoms with Crippen LogP contribution in [-0.4, -0.2) is 11.2 Å². The van der Waals surface area contributed by atoms with E-state index in [1.807, 2.05) is 6.07 Å². The van der Waals surface area contributed by atoms with Gasteiger partial charge in [-0.3, -0.25) is 0 Å². The maximum absolute atomic E-state index is 13.3. The first kappa shape index (κ1) is 10.1. The number of hydrogen-bond acceptors (Lipinski definition) is 1. The minimum atomic E-state index is -0.416. The number of benzene rings is 1. The Balaban J connectivity index is 2.47. The van der Waals surface area contributed by atoms with Crippen LogP contribution in [0.4, 0.5) is 4.39 Å². The third kappa shape index (κ3) is 1.39. The first-order valence-corrected chi connectivity index (χ1v) is 5.50. The Labute approximate surface area is 91.1 Å². The zero-order valence-corrected chi connectivity index (χ0v) is 9.51. The lowest BCUT2D eigenvalue weighted by atomic mass is 9.91. The summed E-state index contributed by atoms with van der Waals surface area (Å²) in [5.41, 5.74) is 0.688. The Hall–Kier alpha value is -0.410. The van der Waals surface area contributed by atoms with E-state index in [9.17, 15) is 9.50 Å². The van der Waals surface area contributed by atoms with Crippen LogP contribution in [0.1, 0.15) is 25.3 Å². The molecule has 76 valence electrons. The van der Waals surface area contributed by atoms with Crippen molar-refractivity contribution in [3.8, 4) is 0 Å². The zero-order valence-electron chi connectivity index (χ0n) is 7.93. The molecular weight excluding hydrogens is 247 g/mol. The van der Waals surface area contributed by atoms with Crippen molar-refractivity contribution in [3.05, 3.63) is 34.1 Å². The van der Waals surface area contributed by atoms with Crippen molar-refractivity contribution in [3.63, 3.8) is 0 Å². The van der Waals surface area contributed by atoms with Crippen LogP contribution in [-0.2, 0) is 5.41 Å². The van der Waals surface area contributed by atoms with Crippen LogP contribution < -0.4 is 0 Å². The lowest BCUT2D eigenvalue weighted by Gasteiger charge is -2.20. The highest BCUT2D eigenvalue weighted by Gasteiger charge is 2.49. The van der Waals surface area contributed by atoms with Gasteiger partial charge in [-0.1, -0.05) is 12.1 Å². The van der Waals surface area contributed by atoms with Crippen LogP contribution in [0.15, 0.2) is 22.7 Å². The number of rotatable bonds is 2. The predicted octanol–water partition coefficient (Wildman–Crippen LogP) is 3.00. The fourth-order valence-corrected chi connectivity index (χ4v) is 2.59. The molecule has 0 saturated heterocycles. The van der Waals surface area contributed by atoms with Gasteiger partial charge in [-0.25, -0.2) is 4.39 Å². The fourth-order valence-electron chi connectivity index (χ4n) is 1.94. The highest BCUT2D eigenvalue weighted by atomic mass is 79.9. The van der Waals surface area contributed by atoms with E-state index in [4.69, 9.17) is 0 Å². The maximum Gasteiger partial charge on any atom is 0.137 e. The average molecular weight is 259 g/mol. The second-order valence-corrected chi connectivity index (χ2v) is 4.73. The smallest absolute Gasteiger partial charge is 0.137 e. The highest BCUT2D eigenvalue weighted by molar-refractivity contribution is 9.10. The van der Waals surface area contributed by atoms with Crippen molar-refractivity contribution >= 4 is 15.9 Å². The highest BCUT2D eigenvalue weighted by Crippen LogP contribution is 2.53. The summed E-state index contributed by atoms with van der Waals surface area (Å²) in [6.45, 7) is 1.77. The van der Waals surface area contributed by atoms with Gasteiger partial charge in [0.05, 0.1) is 10.6 Å². The van der Waals surface area contributed by atoms with E-state index in [0.29, 0.717) is 4.47 Å². The molecule has 3 heteroatoms. The SMILES string of the molecule is CC(O)C1(c2cccc(F)c2Br)CC1. The van der Waals surface area contributed by atoms with Crippen molar-refractivity contribution in [2.75, 3.05) is 0 Å². The molecule has 0 spiro atoms. The van der Waals surface area contributed by atoms with Gasteiger partial charge in [-0.2, -0.15) is 0 Å². The summed E-state index contributed by atoms with van der Waals surface area (Å²) in [4.78, 5) is 0. The molecule has 2 rings (SSSR count). The van der Waals surface area contributed by atoms with Gasteiger partial charge in [-0.15, -0.1) is 0 Å². The van der Waals surface area contributed by atoms with Crippen molar-refractivity contribution in [1.29, 1.82) is 0 Å². The predicted molar refractivity (Wildman–Crippen MR) is 56.7 cm³/mol. The molecule has 14 heavy (non-hydrogen) atoms. The van der Waals surface area contributed by atoms with Crippen molar-refractivity contribution in [2.24, 2.45) is 0 Å². The normalized spacial score (nSPS) is 20.6. The molecule has 1 aliphatic carbocycles. The number of hydrogen-bond donors (Lipinski definition) is 1. The second kappa shape index (κ2) is 3.31. The molecular formula is C11H12BrFO. The summed E-state index contributed by atoms with van der Waals surface area (Å²) in [5, 5.41) is 9.67. The summed E-state index contributed by atoms with van der Waals surface area (Å²) in [5.74, 6) is -0.255. The standard InChI is InChI=1S/C11H12BrFO/c1-7(14)11(5-6-11)8-3-2-4-9(13)10(8)12/h2-4,7,14H,5-6H2,1H3. The van der Waals surface area contributed by atoms with Crippen LogP contribution in [0.3, 0.4) is 0 Å². The quantitative estimate of drug-likeness (QED) is 0.865. The Morgan fingerprint density at radius 1 is 1.50 bits per heavy atom.